The van der Waals surface area contributed by atoms with Crippen LogP contribution in [0.3, 0.4) is 0 Å². The Balaban J connectivity index is 2.38. The molecule has 2 rings (SSSR count). The summed E-state index contributed by atoms with van der Waals surface area (Å²) in [6.07, 6.45) is 1.43. The van der Waals surface area contributed by atoms with E-state index in [2.05, 4.69) is 25.3 Å². The Morgan fingerprint density at radius 3 is 2.75 bits per heavy atom. The van der Waals surface area contributed by atoms with Crippen LogP contribution in [0.4, 0.5) is 34.3 Å². The van der Waals surface area contributed by atoms with E-state index in [1.807, 2.05) is 5.92 Å². The molecule has 2 heterocycles. The summed E-state index contributed by atoms with van der Waals surface area (Å²) < 4.78 is 41.3. The van der Waals surface area contributed by atoms with Gasteiger partial charge in [0.05, 0.1) is 17.4 Å². The third-order valence-electron chi connectivity index (χ3n) is 2.75. The summed E-state index contributed by atoms with van der Waals surface area (Å²) in [5.41, 5.74) is -2.40. The van der Waals surface area contributed by atoms with Crippen molar-refractivity contribution in [3.05, 3.63) is 33.9 Å². The highest BCUT2D eigenvalue weighted by Crippen LogP contribution is 2.34. The topological polar surface area (TPSA) is 98.9 Å². The van der Waals surface area contributed by atoms with Crippen molar-refractivity contribution in [1.82, 2.24) is 14.7 Å². The molecule has 0 aliphatic rings. The van der Waals surface area contributed by atoms with Crippen LogP contribution in [0.2, 0.25) is 0 Å². The second kappa shape index (κ2) is 6.63. The van der Waals surface area contributed by atoms with Crippen molar-refractivity contribution in [2.24, 2.45) is 0 Å². The predicted octanol–water partition coefficient (Wildman–Crippen LogP) is 2.33. The van der Waals surface area contributed by atoms with Crippen molar-refractivity contribution in [2.75, 3.05) is 17.7 Å². The van der Waals surface area contributed by atoms with Crippen molar-refractivity contribution in [3.63, 3.8) is 0 Å². The number of anilines is 3. The number of aromatic nitrogens is 2. The van der Waals surface area contributed by atoms with E-state index in [1.54, 1.807) is 0 Å². The number of alkyl halides is 3. The van der Waals surface area contributed by atoms with Crippen molar-refractivity contribution >= 4 is 33.9 Å². The van der Waals surface area contributed by atoms with Crippen LogP contribution >= 0.6 is 11.5 Å². The standard InChI is InChI=1S/C13H10F3N5O2S/c1-3-8-7(13(14,15)16)4-6(5-18-8)19-11-9(10(22)21-24-11)20-12(23)17-2/h1,4-5,19H,2H3,(H,21,22)(H2,17,20,23). The third-order valence-corrected chi connectivity index (χ3v) is 3.55. The molecule has 0 fully saturated rings. The van der Waals surface area contributed by atoms with Crippen molar-refractivity contribution in [1.29, 1.82) is 0 Å². The average Bonchev–Trinajstić information content (AvgIpc) is 2.87. The summed E-state index contributed by atoms with van der Waals surface area (Å²) >= 11 is 0.806. The smallest absolute Gasteiger partial charge is 0.343 e. The lowest BCUT2D eigenvalue weighted by atomic mass is 10.2. The van der Waals surface area contributed by atoms with Gasteiger partial charge in [-0.2, -0.15) is 13.2 Å². The molecule has 2 amide bonds. The second-order valence-electron chi connectivity index (χ2n) is 4.33. The van der Waals surface area contributed by atoms with Gasteiger partial charge in [-0.15, -0.1) is 6.42 Å². The van der Waals surface area contributed by atoms with Gasteiger partial charge >= 0.3 is 12.2 Å². The van der Waals surface area contributed by atoms with Crippen LogP contribution in [0.25, 0.3) is 0 Å². The van der Waals surface area contributed by atoms with Crippen molar-refractivity contribution in [3.8, 4) is 12.3 Å². The molecule has 0 saturated heterocycles. The van der Waals surface area contributed by atoms with Crippen LogP contribution in [0, 0.1) is 12.3 Å². The Bertz CT molecular complexity index is 866. The molecule has 4 N–H and O–H groups in total. The molecule has 11 heteroatoms. The summed E-state index contributed by atoms with van der Waals surface area (Å²) in [4.78, 5) is 26.6. The molecule has 0 unspecified atom stereocenters. The number of terminal acetylenes is 1. The first-order valence-corrected chi connectivity index (χ1v) is 7.09. The van der Waals surface area contributed by atoms with E-state index in [0.717, 1.165) is 23.8 Å². The number of pyridine rings is 1. The van der Waals surface area contributed by atoms with E-state index in [9.17, 15) is 22.8 Å². The lowest BCUT2D eigenvalue weighted by Gasteiger charge is -2.12. The minimum atomic E-state index is -4.68. The van der Waals surface area contributed by atoms with Crippen LogP contribution in [0.5, 0.6) is 0 Å². The number of aromatic amines is 1. The van der Waals surface area contributed by atoms with E-state index >= 15 is 0 Å². The fraction of sp³-hybridized carbons (Fsp3) is 0.154. The monoisotopic (exact) mass is 357 g/mol. The van der Waals surface area contributed by atoms with Crippen LogP contribution < -0.4 is 21.5 Å². The minimum absolute atomic E-state index is 0.0449. The fourth-order valence-corrected chi connectivity index (χ4v) is 2.39. The van der Waals surface area contributed by atoms with Crippen LogP contribution in [-0.4, -0.2) is 22.4 Å². The molecular formula is C13H10F3N5O2S. The number of hydrogen-bond acceptors (Lipinski definition) is 5. The van der Waals surface area contributed by atoms with Crippen molar-refractivity contribution < 1.29 is 18.0 Å². The zero-order valence-corrected chi connectivity index (χ0v) is 12.9. The molecule has 0 bridgehead atoms. The predicted molar refractivity (Wildman–Crippen MR) is 83.5 cm³/mol. The molecule has 0 atom stereocenters. The van der Waals surface area contributed by atoms with E-state index in [4.69, 9.17) is 6.42 Å². The first-order valence-electron chi connectivity index (χ1n) is 6.27. The Morgan fingerprint density at radius 2 is 2.17 bits per heavy atom. The molecule has 0 aromatic carbocycles. The van der Waals surface area contributed by atoms with Gasteiger partial charge in [0.25, 0.3) is 5.56 Å². The normalized spacial score (nSPS) is 10.8. The summed E-state index contributed by atoms with van der Waals surface area (Å²) in [5.74, 6) is 1.86. The lowest BCUT2D eigenvalue weighted by Crippen LogP contribution is -2.27. The quantitative estimate of drug-likeness (QED) is 0.634. The number of carbonyl (C=O) groups is 1. The van der Waals surface area contributed by atoms with Gasteiger partial charge in [-0.3, -0.25) is 9.17 Å². The molecule has 0 aliphatic heterocycles. The number of nitrogens with zero attached hydrogens (tertiary/aromatic N) is 1. The molecule has 7 nitrogen and oxygen atoms in total. The maximum Gasteiger partial charge on any atom is 0.419 e. The van der Waals surface area contributed by atoms with Crippen molar-refractivity contribution in [2.45, 2.75) is 6.18 Å². The summed E-state index contributed by atoms with van der Waals surface area (Å²) in [6.45, 7) is 0. The zero-order valence-electron chi connectivity index (χ0n) is 12.0. The molecule has 24 heavy (non-hydrogen) atoms. The molecule has 0 saturated carbocycles. The van der Waals surface area contributed by atoms with Crippen LogP contribution in [-0.2, 0) is 6.18 Å². The van der Waals surface area contributed by atoms with Crippen LogP contribution in [0.15, 0.2) is 17.1 Å². The minimum Gasteiger partial charge on any atom is -0.343 e. The number of nitrogens with one attached hydrogen (secondary N) is 4. The third kappa shape index (κ3) is 3.66. The summed E-state index contributed by atoms with van der Waals surface area (Å²) in [5, 5.41) is 7.25. The number of amides is 2. The highest BCUT2D eigenvalue weighted by Gasteiger charge is 2.34. The lowest BCUT2D eigenvalue weighted by molar-refractivity contribution is -0.138. The molecule has 0 aliphatic carbocycles. The average molecular weight is 357 g/mol. The molecule has 0 spiro atoms. The Hall–Kier alpha value is -3.00. The number of rotatable bonds is 3. The van der Waals surface area contributed by atoms with E-state index in [1.165, 1.54) is 7.05 Å². The highest BCUT2D eigenvalue weighted by atomic mass is 32.1. The number of carbonyl (C=O) groups excluding carboxylic acids is 1. The van der Waals surface area contributed by atoms with E-state index in [-0.39, 0.29) is 16.4 Å². The molecule has 0 radical (unpaired) electrons. The largest absolute Gasteiger partial charge is 0.419 e. The molecule has 126 valence electrons. The highest BCUT2D eigenvalue weighted by molar-refractivity contribution is 7.11. The van der Waals surface area contributed by atoms with Gasteiger partial charge in [0.15, 0.2) is 0 Å². The van der Waals surface area contributed by atoms with Gasteiger partial charge in [0.2, 0.25) is 0 Å². The first-order chi connectivity index (χ1) is 11.3. The van der Waals surface area contributed by atoms with Crippen LogP contribution in [0.1, 0.15) is 11.3 Å². The molecule has 2 aromatic rings. The SMILES string of the molecule is C#Cc1ncc(Nc2s[nH]c(=O)c2NC(=O)NC)cc1C(F)(F)F. The van der Waals surface area contributed by atoms with Gasteiger partial charge in [-0.25, -0.2) is 9.78 Å². The van der Waals surface area contributed by atoms with Gasteiger partial charge in [0.1, 0.15) is 16.4 Å². The van der Waals surface area contributed by atoms with Gasteiger partial charge in [-0.1, -0.05) is 0 Å². The van der Waals surface area contributed by atoms with E-state index in [0.29, 0.717) is 0 Å². The Kier molecular flexibility index (Phi) is 4.79. The molecular weight excluding hydrogens is 347 g/mol. The summed E-state index contributed by atoms with van der Waals surface area (Å²) in [7, 11) is 1.35. The van der Waals surface area contributed by atoms with Gasteiger partial charge in [-0.05, 0) is 23.5 Å². The first kappa shape index (κ1) is 17.4. The summed E-state index contributed by atoms with van der Waals surface area (Å²) in [6, 6.07) is 0.120. The number of hydrogen-bond donors (Lipinski definition) is 4. The molecule has 2 aromatic heterocycles. The van der Waals surface area contributed by atoms with Gasteiger partial charge in [0, 0.05) is 7.05 Å². The van der Waals surface area contributed by atoms with Gasteiger partial charge < -0.3 is 16.0 Å². The number of halogens is 3. The Labute approximate surface area is 137 Å². The maximum absolute atomic E-state index is 13.0. The maximum atomic E-state index is 13.0. The number of urea groups is 1. The fourth-order valence-electron chi connectivity index (χ4n) is 1.68. The Morgan fingerprint density at radius 1 is 1.46 bits per heavy atom. The van der Waals surface area contributed by atoms with E-state index < -0.39 is 29.0 Å². The zero-order chi connectivity index (χ0) is 17.9. The number of H-pyrrole nitrogens is 1. The second-order valence-corrected chi connectivity index (χ2v) is 5.15.